The van der Waals surface area contributed by atoms with Crippen LogP contribution in [0.15, 0.2) is 30.5 Å². The molecule has 0 saturated heterocycles. The number of carbonyl (C=O) groups excluding carboxylic acids is 2. The van der Waals surface area contributed by atoms with E-state index in [1.54, 1.807) is 6.20 Å². The van der Waals surface area contributed by atoms with E-state index in [1.807, 2.05) is 24.3 Å². The number of nitrogens with two attached hydrogens (primary N) is 1. The number of fused-ring (bicyclic) bond motifs is 1. The first-order valence-electron chi connectivity index (χ1n) is 8.63. The molecule has 0 unspecified atom stereocenters. The van der Waals surface area contributed by atoms with E-state index in [2.05, 4.69) is 4.98 Å². The maximum atomic E-state index is 11.8. The van der Waals surface area contributed by atoms with Gasteiger partial charge in [-0.2, -0.15) is 0 Å². The van der Waals surface area contributed by atoms with Gasteiger partial charge in [0.1, 0.15) is 17.7 Å². The third kappa shape index (κ3) is 3.27. The number of amides is 1. The van der Waals surface area contributed by atoms with Crippen molar-refractivity contribution in [1.29, 1.82) is 0 Å². The first kappa shape index (κ1) is 15.8. The Morgan fingerprint density at radius 2 is 2.04 bits per heavy atom. The number of pyridine rings is 1. The van der Waals surface area contributed by atoms with Crippen LogP contribution in [0.5, 0.6) is 5.75 Å². The number of primary amides is 1. The van der Waals surface area contributed by atoms with Crippen molar-refractivity contribution in [2.24, 2.45) is 11.7 Å². The molecular formula is C20H20N2O3. The number of hydrogen-bond donors (Lipinski definition) is 1. The summed E-state index contributed by atoms with van der Waals surface area (Å²) in [7, 11) is 0. The molecule has 0 spiro atoms. The van der Waals surface area contributed by atoms with Crippen molar-refractivity contribution in [3.63, 3.8) is 0 Å². The summed E-state index contributed by atoms with van der Waals surface area (Å²) in [4.78, 5) is 27.1. The van der Waals surface area contributed by atoms with E-state index >= 15 is 0 Å². The van der Waals surface area contributed by atoms with Gasteiger partial charge in [-0.05, 0) is 66.3 Å². The molecule has 1 amide bonds. The number of rotatable bonds is 6. The number of benzene rings is 1. The quantitative estimate of drug-likeness (QED) is 0.822. The van der Waals surface area contributed by atoms with Crippen LogP contribution in [0, 0.1) is 5.92 Å². The molecule has 2 aromatic rings. The van der Waals surface area contributed by atoms with Crippen molar-refractivity contribution >= 4 is 12.2 Å². The highest BCUT2D eigenvalue weighted by Crippen LogP contribution is 2.37. The predicted octanol–water partition coefficient (Wildman–Crippen LogP) is 2.66. The Kier molecular flexibility index (Phi) is 3.99. The minimum atomic E-state index is -0.520. The summed E-state index contributed by atoms with van der Waals surface area (Å²) < 4.78 is 5.82. The van der Waals surface area contributed by atoms with Crippen LogP contribution in [0.4, 0.5) is 0 Å². The second-order valence-corrected chi connectivity index (χ2v) is 6.98. The van der Waals surface area contributed by atoms with Crippen LogP contribution >= 0.6 is 0 Å². The first-order valence-corrected chi connectivity index (χ1v) is 8.63. The molecule has 1 aromatic carbocycles. The number of nitrogens with zero attached hydrogens (tertiary/aromatic N) is 1. The monoisotopic (exact) mass is 336 g/mol. The van der Waals surface area contributed by atoms with E-state index in [0.29, 0.717) is 29.5 Å². The van der Waals surface area contributed by atoms with Crippen LogP contribution in [0.1, 0.15) is 56.3 Å². The summed E-state index contributed by atoms with van der Waals surface area (Å²) in [5.41, 5.74) is 9.70. The van der Waals surface area contributed by atoms with E-state index in [1.165, 1.54) is 18.4 Å². The summed E-state index contributed by atoms with van der Waals surface area (Å²) in [6, 6.07) is 7.65. The highest BCUT2D eigenvalue weighted by Gasteiger charge is 2.28. The zero-order valence-electron chi connectivity index (χ0n) is 13.9. The summed E-state index contributed by atoms with van der Waals surface area (Å²) in [5, 5.41) is 0. The minimum absolute atomic E-state index is 0.122. The average molecular weight is 336 g/mol. The van der Waals surface area contributed by atoms with Gasteiger partial charge in [0.25, 0.3) is 5.91 Å². The lowest BCUT2D eigenvalue weighted by atomic mass is 9.94. The van der Waals surface area contributed by atoms with Gasteiger partial charge in [-0.3, -0.25) is 9.59 Å². The summed E-state index contributed by atoms with van der Waals surface area (Å²) in [6.07, 6.45) is 6.45. The van der Waals surface area contributed by atoms with Crippen molar-refractivity contribution in [3.05, 3.63) is 58.4 Å². The van der Waals surface area contributed by atoms with Crippen LogP contribution in [-0.2, 0) is 12.8 Å². The molecule has 2 aliphatic rings. The van der Waals surface area contributed by atoms with Crippen molar-refractivity contribution in [3.8, 4) is 5.75 Å². The Morgan fingerprint density at radius 1 is 1.24 bits per heavy atom. The Hall–Kier alpha value is -2.69. The molecule has 1 fully saturated rings. The topological polar surface area (TPSA) is 82.3 Å². The van der Waals surface area contributed by atoms with Gasteiger partial charge in [-0.25, -0.2) is 4.98 Å². The molecule has 1 saturated carbocycles. The number of carbonyl (C=O) groups is 2. The van der Waals surface area contributed by atoms with Gasteiger partial charge >= 0.3 is 0 Å². The molecule has 1 aromatic heterocycles. The highest BCUT2D eigenvalue weighted by molar-refractivity contribution is 5.92. The molecule has 2 aliphatic carbocycles. The molecular weight excluding hydrogens is 316 g/mol. The molecule has 5 heteroatoms. The van der Waals surface area contributed by atoms with Gasteiger partial charge < -0.3 is 10.5 Å². The maximum Gasteiger partial charge on any atom is 0.267 e. The Balaban J connectivity index is 1.62. The minimum Gasteiger partial charge on any atom is -0.492 e. The smallest absolute Gasteiger partial charge is 0.267 e. The third-order valence-corrected chi connectivity index (χ3v) is 5.05. The molecule has 2 N–H and O–H groups in total. The van der Waals surface area contributed by atoms with E-state index in [0.717, 1.165) is 30.3 Å². The van der Waals surface area contributed by atoms with Crippen LogP contribution in [0.2, 0.25) is 0 Å². The molecule has 25 heavy (non-hydrogen) atoms. The van der Waals surface area contributed by atoms with Gasteiger partial charge in [0.15, 0.2) is 0 Å². The highest BCUT2D eigenvalue weighted by atomic mass is 16.5. The lowest BCUT2D eigenvalue weighted by Gasteiger charge is -2.15. The normalized spacial score (nSPS) is 18.6. The third-order valence-electron chi connectivity index (χ3n) is 5.05. The van der Waals surface area contributed by atoms with Crippen LogP contribution in [0.3, 0.4) is 0 Å². The number of hydrogen-bond acceptors (Lipinski definition) is 4. The largest absolute Gasteiger partial charge is 0.492 e. The fraction of sp³-hybridized carbons (Fsp3) is 0.350. The van der Waals surface area contributed by atoms with Gasteiger partial charge in [-0.15, -0.1) is 0 Å². The van der Waals surface area contributed by atoms with Crippen molar-refractivity contribution in [1.82, 2.24) is 4.98 Å². The lowest BCUT2D eigenvalue weighted by molar-refractivity contribution is 0.0993. The Morgan fingerprint density at radius 3 is 2.76 bits per heavy atom. The standard InChI is InChI=1S/C20H20N2O3/c21-20(24)19-18(8-17(9-22-19)25-11-12-1-2-12)16-6-14-4-3-13(10-23)5-15(14)7-16/h3-5,8-10,12,16H,1-2,6-7,11H2,(H2,21,24)/t16-/m1/s1. The van der Waals surface area contributed by atoms with Crippen molar-refractivity contribution < 1.29 is 14.3 Å². The lowest BCUT2D eigenvalue weighted by Crippen LogP contribution is -2.18. The molecule has 0 radical (unpaired) electrons. The van der Waals surface area contributed by atoms with Crippen molar-refractivity contribution in [2.75, 3.05) is 6.61 Å². The molecule has 128 valence electrons. The molecule has 0 bridgehead atoms. The number of ether oxygens (including phenoxy) is 1. The average Bonchev–Trinajstić information content (AvgIpc) is 3.35. The summed E-state index contributed by atoms with van der Waals surface area (Å²) in [5.74, 6) is 0.942. The number of aldehydes is 1. The molecule has 4 rings (SSSR count). The Bertz CT molecular complexity index is 843. The number of aromatic nitrogens is 1. The fourth-order valence-corrected chi connectivity index (χ4v) is 3.49. The molecule has 1 heterocycles. The van der Waals surface area contributed by atoms with Gasteiger partial charge in [0.2, 0.25) is 0 Å². The second-order valence-electron chi connectivity index (χ2n) is 6.98. The Labute approximate surface area is 146 Å². The van der Waals surface area contributed by atoms with Crippen molar-refractivity contribution in [2.45, 2.75) is 31.6 Å². The summed E-state index contributed by atoms with van der Waals surface area (Å²) >= 11 is 0. The zero-order chi connectivity index (χ0) is 17.4. The zero-order valence-corrected chi connectivity index (χ0v) is 13.9. The van der Waals surface area contributed by atoms with E-state index in [4.69, 9.17) is 10.5 Å². The van der Waals surface area contributed by atoms with E-state index < -0.39 is 5.91 Å². The molecule has 1 atom stereocenters. The van der Waals surface area contributed by atoms with Crippen LogP contribution < -0.4 is 10.5 Å². The first-order chi connectivity index (χ1) is 12.1. The second kappa shape index (κ2) is 6.31. The molecule has 5 nitrogen and oxygen atoms in total. The van der Waals surface area contributed by atoms with E-state index in [9.17, 15) is 9.59 Å². The molecule has 0 aliphatic heterocycles. The van der Waals surface area contributed by atoms with Gasteiger partial charge in [-0.1, -0.05) is 12.1 Å². The van der Waals surface area contributed by atoms with Gasteiger partial charge in [0, 0.05) is 5.56 Å². The van der Waals surface area contributed by atoms with Crippen LogP contribution in [0.25, 0.3) is 0 Å². The fourth-order valence-electron chi connectivity index (χ4n) is 3.49. The summed E-state index contributed by atoms with van der Waals surface area (Å²) in [6.45, 7) is 0.699. The van der Waals surface area contributed by atoms with Gasteiger partial charge in [0.05, 0.1) is 12.8 Å². The van der Waals surface area contributed by atoms with E-state index in [-0.39, 0.29) is 5.92 Å². The van der Waals surface area contributed by atoms with Crippen LogP contribution in [-0.4, -0.2) is 23.8 Å². The maximum absolute atomic E-state index is 11.8. The predicted molar refractivity (Wildman–Crippen MR) is 93.0 cm³/mol. The SMILES string of the molecule is NC(=O)c1ncc(OCC2CC2)cc1[C@@H]1Cc2ccc(C=O)cc2C1.